The molecule has 3 amide bonds. The van der Waals surface area contributed by atoms with E-state index in [-0.39, 0.29) is 18.4 Å². The number of rotatable bonds is 2. The summed E-state index contributed by atoms with van der Waals surface area (Å²) in [7, 11) is 1.24. The van der Waals surface area contributed by atoms with Gasteiger partial charge in [-0.15, -0.1) is 0 Å². The smallest absolute Gasteiger partial charge is 0.325 e. The molecule has 2 aliphatic rings. The molecule has 2 atom stereocenters. The van der Waals surface area contributed by atoms with Crippen LogP contribution in [0.2, 0.25) is 0 Å². The summed E-state index contributed by atoms with van der Waals surface area (Å²) in [5, 5.41) is 2.78. The normalized spacial score (nSPS) is 31.7. The zero-order chi connectivity index (χ0) is 13.3. The van der Waals surface area contributed by atoms with Crippen molar-refractivity contribution in [2.75, 3.05) is 13.7 Å². The van der Waals surface area contributed by atoms with Gasteiger partial charge in [-0.05, 0) is 18.8 Å². The SMILES string of the molecule is COC(=O)CN1C(=O)NC2(CCCCC2C)C1=O. The summed E-state index contributed by atoms with van der Waals surface area (Å²) in [5.74, 6) is -0.769. The summed E-state index contributed by atoms with van der Waals surface area (Å²) < 4.78 is 4.50. The largest absolute Gasteiger partial charge is 0.468 e. The van der Waals surface area contributed by atoms with Crippen molar-refractivity contribution in [2.45, 2.75) is 38.1 Å². The van der Waals surface area contributed by atoms with Gasteiger partial charge < -0.3 is 10.1 Å². The van der Waals surface area contributed by atoms with Gasteiger partial charge >= 0.3 is 12.0 Å². The van der Waals surface area contributed by atoms with Crippen molar-refractivity contribution in [3.8, 4) is 0 Å². The van der Waals surface area contributed by atoms with Crippen LogP contribution in [0.15, 0.2) is 0 Å². The summed E-state index contributed by atoms with van der Waals surface area (Å²) in [4.78, 5) is 36.4. The fourth-order valence-corrected chi connectivity index (χ4v) is 2.83. The summed E-state index contributed by atoms with van der Waals surface area (Å²) in [6.45, 7) is 1.66. The van der Waals surface area contributed by atoms with Gasteiger partial charge in [0.1, 0.15) is 12.1 Å². The number of hydrogen-bond donors (Lipinski definition) is 1. The van der Waals surface area contributed by atoms with Crippen LogP contribution in [0.25, 0.3) is 0 Å². The molecule has 2 fully saturated rings. The Morgan fingerprint density at radius 1 is 1.50 bits per heavy atom. The van der Waals surface area contributed by atoms with Gasteiger partial charge in [0.15, 0.2) is 0 Å². The Balaban J connectivity index is 2.20. The third-order valence-corrected chi connectivity index (χ3v) is 4.02. The van der Waals surface area contributed by atoms with Crippen LogP contribution >= 0.6 is 0 Å². The highest BCUT2D eigenvalue weighted by atomic mass is 16.5. The zero-order valence-corrected chi connectivity index (χ0v) is 10.7. The molecule has 1 N–H and O–H groups in total. The highest BCUT2D eigenvalue weighted by Crippen LogP contribution is 2.38. The molecular formula is C12H18N2O4. The molecule has 2 rings (SSSR count). The fraction of sp³-hybridized carbons (Fsp3) is 0.750. The molecule has 18 heavy (non-hydrogen) atoms. The van der Waals surface area contributed by atoms with Crippen molar-refractivity contribution < 1.29 is 19.1 Å². The van der Waals surface area contributed by atoms with Crippen molar-refractivity contribution in [1.29, 1.82) is 0 Å². The third kappa shape index (κ3) is 1.85. The first-order chi connectivity index (χ1) is 8.51. The minimum atomic E-state index is -0.802. The molecule has 100 valence electrons. The second kappa shape index (κ2) is 4.59. The molecule has 6 heteroatoms. The standard InChI is InChI=1S/C12H18N2O4/c1-8-5-3-4-6-12(8)10(16)14(11(17)13-12)7-9(15)18-2/h8H,3-7H2,1-2H3,(H,13,17). The maximum absolute atomic E-state index is 12.4. The van der Waals surface area contributed by atoms with Gasteiger partial charge in [0.05, 0.1) is 7.11 Å². The van der Waals surface area contributed by atoms with Crippen LogP contribution in [0.5, 0.6) is 0 Å². The number of carbonyl (C=O) groups excluding carboxylic acids is 3. The van der Waals surface area contributed by atoms with Crippen molar-refractivity contribution in [3.05, 3.63) is 0 Å². The van der Waals surface area contributed by atoms with Crippen LogP contribution in [-0.4, -0.2) is 42.0 Å². The van der Waals surface area contributed by atoms with Crippen LogP contribution in [0.3, 0.4) is 0 Å². The molecule has 1 heterocycles. The van der Waals surface area contributed by atoms with Crippen LogP contribution in [0, 0.1) is 5.92 Å². The lowest BCUT2D eigenvalue weighted by atomic mass is 9.73. The van der Waals surface area contributed by atoms with E-state index in [0.29, 0.717) is 6.42 Å². The molecule has 0 aromatic rings. The second-order valence-electron chi connectivity index (χ2n) is 5.02. The Bertz CT molecular complexity index is 396. The van der Waals surface area contributed by atoms with Crippen LogP contribution < -0.4 is 5.32 Å². The van der Waals surface area contributed by atoms with Crippen molar-refractivity contribution in [2.24, 2.45) is 5.92 Å². The average Bonchev–Trinajstić information content (AvgIpc) is 2.58. The number of nitrogens with zero attached hydrogens (tertiary/aromatic N) is 1. The second-order valence-corrected chi connectivity index (χ2v) is 5.02. The Morgan fingerprint density at radius 2 is 2.22 bits per heavy atom. The first-order valence-electron chi connectivity index (χ1n) is 6.22. The molecule has 1 saturated carbocycles. The Labute approximate surface area is 106 Å². The lowest BCUT2D eigenvalue weighted by molar-refractivity contribution is -0.146. The van der Waals surface area contributed by atoms with Gasteiger partial charge in [0.25, 0.3) is 5.91 Å². The minimum Gasteiger partial charge on any atom is -0.468 e. The van der Waals surface area contributed by atoms with Crippen molar-refractivity contribution >= 4 is 17.9 Å². The molecule has 1 saturated heterocycles. The van der Waals surface area contributed by atoms with Crippen LogP contribution in [-0.2, 0) is 14.3 Å². The lowest BCUT2D eigenvalue weighted by Crippen LogP contribution is -2.54. The van der Waals surface area contributed by atoms with Gasteiger partial charge in [-0.3, -0.25) is 14.5 Å². The molecule has 0 bridgehead atoms. The monoisotopic (exact) mass is 254 g/mol. The molecule has 0 aromatic carbocycles. The van der Waals surface area contributed by atoms with Gasteiger partial charge in [-0.2, -0.15) is 0 Å². The number of hydrogen-bond acceptors (Lipinski definition) is 4. The highest BCUT2D eigenvalue weighted by molar-refractivity contribution is 6.08. The molecule has 0 radical (unpaired) electrons. The number of methoxy groups -OCH3 is 1. The Morgan fingerprint density at radius 3 is 2.83 bits per heavy atom. The van der Waals surface area contributed by atoms with Gasteiger partial charge in [-0.1, -0.05) is 19.8 Å². The van der Waals surface area contributed by atoms with E-state index in [0.717, 1.165) is 24.2 Å². The van der Waals surface area contributed by atoms with E-state index in [9.17, 15) is 14.4 Å². The molecule has 6 nitrogen and oxygen atoms in total. The van der Waals surface area contributed by atoms with Crippen LogP contribution in [0.4, 0.5) is 4.79 Å². The number of esters is 1. The average molecular weight is 254 g/mol. The molecule has 2 unspecified atom stereocenters. The zero-order valence-electron chi connectivity index (χ0n) is 10.7. The fourth-order valence-electron chi connectivity index (χ4n) is 2.83. The van der Waals surface area contributed by atoms with Gasteiger partial charge in [0.2, 0.25) is 0 Å². The number of amides is 3. The highest BCUT2D eigenvalue weighted by Gasteiger charge is 2.55. The van der Waals surface area contributed by atoms with E-state index >= 15 is 0 Å². The summed E-state index contributed by atoms with van der Waals surface area (Å²) in [5.41, 5.74) is -0.802. The molecule has 1 aliphatic heterocycles. The Hall–Kier alpha value is -1.59. The topological polar surface area (TPSA) is 75.7 Å². The number of carbonyl (C=O) groups is 3. The summed E-state index contributed by atoms with van der Waals surface area (Å²) >= 11 is 0. The molecular weight excluding hydrogens is 236 g/mol. The van der Waals surface area contributed by atoms with Crippen LogP contribution in [0.1, 0.15) is 32.6 Å². The maximum Gasteiger partial charge on any atom is 0.325 e. The Kier molecular flexibility index (Phi) is 3.28. The molecule has 1 spiro atoms. The maximum atomic E-state index is 12.4. The third-order valence-electron chi connectivity index (χ3n) is 4.02. The van der Waals surface area contributed by atoms with E-state index in [1.807, 2.05) is 6.92 Å². The summed E-state index contributed by atoms with van der Waals surface area (Å²) in [6, 6.07) is -0.487. The first-order valence-corrected chi connectivity index (χ1v) is 6.22. The number of nitrogens with one attached hydrogen (secondary N) is 1. The van der Waals surface area contributed by atoms with E-state index < -0.39 is 17.5 Å². The summed E-state index contributed by atoms with van der Waals surface area (Å²) in [6.07, 6.45) is 3.56. The van der Waals surface area contributed by atoms with E-state index in [4.69, 9.17) is 0 Å². The number of urea groups is 1. The molecule has 1 aliphatic carbocycles. The predicted molar refractivity (Wildman–Crippen MR) is 62.6 cm³/mol. The van der Waals surface area contributed by atoms with E-state index in [1.54, 1.807) is 0 Å². The lowest BCUT2D eigenvalue weighted by Gasteiger charge is -2.36. The quantitative estimate of drug-likeness (QED) is 0.580. The number of imide groups is 1. The minimum absolute atomic E-state index is 0.102. The van der Waals surface area contributed by atoms with Crippen molar-refractivity contribution in [3.63, 3.8) is 0 Å². The van der Waals surface area contributed by atoms with Crippen molar-refractivity contribution in [1.82, 2.24) is 10.2 Å². The predicted octanol–water partition coefficient (Wildman–Crippen LogP) is 0.660. The first kappa shape index (κ1) is 12.9. The van der Waals surface area contributed by atoms with Gasteiger partial charge in [0, 0.05) is 0 Å². The van der Waals surface area contributed by atoms with E-state index in [1.165, 1.54) is 7.11 Å². The number of ether oxygens (including phenoxy) is 1. The molecule has 0 aromatic heterocycles. The van der Waals surface area contributed by atoms with E-state index in [2.05, 4.69) is 10.1 Å². The van der Waals surface area contributed by atoms with Gasteiger partial charge in [-0.25, -0.2) is 4.79 Å².